The lowest BCUT2D eigenvalue weighted by molar-refractivity contribution is 0.0929. The van der Waals surface area contributed by atoms with Crippen LogP contribution < -0.4 is 11.1 Å². The SMILES string of the molecule is CSC1CCCCC1NC(=O)c1cc(N)ccc1Cl. The molecule has 3 nitrogen and oxygen atoms in total. The highest BCUT2D eigenvalue weighted by atomic mass is 35.5. The topological polar surface area (TPSA) is 55.1 Å². The number of carbonyl (C=O) groups is 1. The Balaban J connectivity index is 2.09. The number of rotatable bonds is 3. The summed E-state index contributed by atoms with van der Waals surface area (Å²) in [5, 5.41) is 4.05. The van der Waals surface area contributed by atoms with Crippen molar-refractivity contribution in [2.45, 2.75) is 37.0 Å². The minimum atomic E-state index is -0.122. The van der Waals surface area contributed by atoms with Crippen LogP contribution in [0.1, 0.15) is 36.0 Å². The number of halogens is 1. The number of nitrogen functional groups attached to an aromatic ring is 1. The Hall–Kier alpha value is -0.870. The third-order valence-corrected chi connectivity index (χ3v) is 5.06. The van der Waals surface area contributed by atoms with Gasteiger partial charge in [0.25, 0.3) is 5.91 Å². The Labute approximate surface area is 123 Å². The average molecular weight is 299 g/mol. The lowest BCUT2D eigenvalue weighted by Crippen LogP contribution is -2.43. The first-order chi connectivity index (χ1) is 9.11. The van der Waals surface area contributed by atoms with Crippen LogP contribution >= 0.6 is 23.4 Å². The van der Waals surface area contributed by atoms with Crippen LogP contribution in [0.4, 0.5) is 5.69 Å². The predicted octanol–water partition coefficient (Wildman–Crippen LogP) is 3.33. The van der Waals surface area contributed by atoms with Gasteiger partial charge in [0.05, 0.1) is 10.6 Å². The number of nitrogens with two attached hydrogens (primary N) is 1. The van der Waals surface area contributed by atoms with Gasteiger partial charge in [0.2, 0.25) is 0 Å². The minimum Gasteiger partial charge on any atom is -0.399 e. The molecule has 0 bridgehead atoms. The number of benzene rings is 1. The summed E-state index contributed by atoms with van der Waals surface area (Å²) in [4.78, 5) is 12.3. The molecule has 2 rings (SSSR count). The summed E-state index contributed by atoms with van der Waals surface area (Å²) < 4.78 is 0. The molecule has 5 heteroatoms. The second kappa shape index (κ2) is 6.53. The fourth-order valence-corrected chi connectivity index (χ4v) is 3.65. The van der Waals surface area contributed by atoms with Crippen LogP contribution in [-0.2, 0) is 0 Å². The van der Waals surface area contributed by atoms with E-state index in [-0.39, 0.29) is 11.9 Å². The van der Waals surface area contributed by atoms with Crippen LogP contribution in [0.15, 0.2) is 18.2 Å². The molecule has 1 amide bonds. The zero-order valence-corrected chi connectivity index (χ0v) is 12.6. The molecule has 19 heavy (non-hydrogen) atoms. The summed E-state index contributed by atoms with van der Waals surface area (Å²) in [5.74, 6) is -0.122. The monoisotopic (exact) mass is 298 g/mol. The highest BCUT2D eigenvalue weighted by Crippen LogP contribution is 2.28. The summed E-state index contributed by atoms with van der Waals surface area (Å²) in [6.07, 6.45) is 6.72. The largest absolute Gasteiger partial charge is 0.399 e. The zero-order chi connectivity index (χ0) is 13.8. The van der Waals surface area contributed by atoms with Crippen LogP contribution in [0, 0.1) is 0 Å². The normalized spacial score (nSPS) is 23.1. The van der Waals surface area contributed by atoms with Crippen molar-refractivity contribution < 1.29 is 4.79 Å². The number of hydrogen-bond donors (Lipinski definition) is 2. The predicted molar refractivity (Wildman–Crippen MR) is 82.9 cm³/mol. The Morgan fingerprint density at radius 2 is 2.16 bits per heavy atom. The minimum absolute atomic E-state index is 0.122. The van der Waals surface area contributed by atoms with Crippen LogP contribution in [0.3, 0.4) is 0 Å². The number of thioether (sulfide) groups is 1. The highest BCUT2D eigenvalue weighted by molar-refractivity contribution is 7.99. The van der Waals surface area contributed by atoms with Gasteiger partial charge in [-0.15, -0.1) is 0 Å². The van der Waals surface area contributed by atoms with Gasteiger partial charge in [0.15, 0.2) is 0 Å². The summed E-state index contributed by atoms with van der Waals surface area (Å²) in [7, 11) is 0. The molecule has 0 spiro atoms. The van der Waals surface area contributed by atoms with Gasteiger partial charge >= 0.3 is 0 Å². The van der Waals surface area contributed by atoms with E-state index in [2.05, 4.69) is 11.6 Å². The maximum Gasteiger partial charge on any atom is 0.253 e. The molecule has 2 unspecified atom stereocenters. The molecule has 0 radical (unpaired) electrons. The van der Waals surface area contributed by atoms with Gasteiger partial charge in [0.1, 0.15) is 0 Å². The first kappa shape index (κ1) is 14.5. The quantitative estimate of drug-likeness (QED) is 0.842. The molecule has 0 aliphatic heterocycles. The van der Waals surface area contributed by atoms with Crippen molar-refractivity contribution in [1.82, 2.24) is 5.32 Å². The Morgan fingerprint density at radius 3 is 2.89 bits per heavy atom. The molecule has 104 valence electrons. The highest BCUT2D eigenvalue weighted by Gasteiger charge is 2.26. The molecule has 0 saturated heterocycles. The maximum atomic E-state index is 12.3. The maximum absolute atomic E-state index is 12.3. The molecule has 1 aromatic rings. The van der Waals surface area contributed by atoms with Crippen molar-refractivity contribution in [1.29, 1.82) is 0 Å². The first-order valence-corrected chi connectivity index (χ1v) is 8.17. The summed E-state index contributed by atoms with van der Waals surface area (Å²) in [6.45, 7) is 0. The Bertz CT molecular complexity index is 467. The van der Waals surface area contributed by atoms with E-state index in [0.717, 1.165) is 12.8 Å². The molecule has 1 fully saturated rings. The second-order valence-corrected chi connectivity index (χ2v) is 6.36. The third-order valence-electron chi connectivity index (χ3n) is 3.56. The molecule has 1 aliphatic rings. The molecule has 0 aromatic heterocycles. The van der Waals surface area contributed by atoms with Gasteiger partial charge in [-0.05, 0) is 37.3 Å². The van der Waals surface area contributed by atoms with E-state index in [1.54, 1.807) is 18.2 Å². The van der Waals surface area contributed by atoms with Gasteiger partial charge < -0.3 is 11.1 Å². The van der Waals surface area contributed by atoms with Crippen molar-refractivity contribution in [2.75, 3.05) is 12.0 Å². The van der Waals surface area contributed by atoms with Crippen molar-refractivity contribution >= 4 is 35.0 Å². The lowest BCUT2D eigenvalue weighted by atomic mass is 9.94. The first-order valence-electron chi connectivity index (χ1n) is 6.50. The van der Waals surface area contributed by atoms with Crippen LogP contribution in [0.5, 0.6) is 0 Å². The van der Waals surface area contributed by atoms with Gasteiger partial charge in [0, 0.05) is 17.0 Å². The van der Waals surface area contributed by atoms with E-state index in [1.165, 1.54) is 12.8 Å². The number of nitrogens with one attached hydrogen (secondary N) is 1. The van der Waals surface area contributed by atoms with E-state index in [4.69, 9.17) is 17.3 Å². The van der Waals surface area contributed by atoms with Crippen molar-refractivity contribution in [2.24, 2.45) is 0 Å². The number of hydrogen-bond acceptors (Lipinski definition) is 3. The van der Waals surface area contributed by atoms with E-state index in [1.807, 2.05) is 11.8 Å². The van der Waals surface area contributed by atoms with Crippen LogP contribution in [0.2, 0.25) is 5.02 Å². The van der Waals surface area contributed by atoms with Gasteiger partial charge in [-0.25, -0.2) is 0 Å². The van der Waals surface area contributed by atoms with Gasteiger partial charge in [-0.1, -0.05) is 24.4 Å². The standard InChI is InChI=1S/C14H19ClN2OS/c1-19-13-5-3-2-4-12(13)17-14(18)10-8-9(16)6-7-11(10)15/h6-8,12-13H,2-5,16H2,1H3,(H,17,18). The molecule has 3 N–H and O–H groups in total. The second-order valence-electron chi connectivity index (χ2n) is 4.88. The van der Waals surface area contributed by atoms with Gasteiger partial charge in [-0.3, -0.25) is 4.79 Å². The molecule has 0 heterocycles. The molecular weight excluding hydrogens is 280 g/mol. The molecule has 1 aromatic carbocycles. The number of anilines is 1. The molecular formula is C14H19ClN2OS. The van der Waals surface area contributed by atoms with E-state index >= 15 is 0 Å². The fraction of sp³-hybridized carbons (Fsp3) is 0.500. The van der Waals surface area contributed by atoms with Crippen LogP contribution in [0.25, 0.3) is 0 Å². The van der Waals surface area contributed by atoms with Crippen molar-refractivity contribution in [3.05, 3.63) is 28.8 Å². The summed E-state index contributed by atoms with van der Waals surface area (Å²) in [6, 6.07) is 5.23. The average Bonchev–Trinajstić information content (AvgIpc) is 2.42. The molecule has 1 aliphatic carbocycles. The molecule has 1 saturated carbocycles. The van der Waals surface area contributed by atoms with Crippen LogP contribution in [-0.4, -0.2) is 23.5 Å². The number of amides is 1. The van der Waals surface area contributed by atoms with E-state index in [9.17, 15) is 4.79 Å². The van der Waals surface area contributed by atoms with Crippen molar-refractivity contribution in [3.8, 4) is 0 Å². The summed E-state index contributed by atoms with van der Waals surface area (Å²) in [5.41, 5.74) is 6.73. The Kier molecular flexibility index (Phi) is 4.99. The summed E-state index contributed by atoms with van der Waals surface area (Å²) >= 11 is 7.88. The fourth-order valence-electron chi connectivity index (χ4n) is 2.51. The smallest absolute Gasteiger partial charge is 0.253 e. The van der Waals surface area contributed by atoms with Crippen molar-refractivity contribution in [3.63, 3.8) is 0 Å². The molecule has 2 atom stereocenters. The Morgan fingerprint density at radius 1 is 1.42 bits per heavy atom. The lowest BCUT2D eigenvalue weighted by Gasteiger charge is -2.31. The zero-order valence-electron chi connectivity index (χ0n) is 11.0. The third kappa shape index (κ3) is 3.57. The van der Waals surface area contributed by atoms with E-state index in [0.29, 0.717) is 21.5 Å². The number of carbonyl (C=O) groups excluding carboxylic acids is 1. The van der Waals surface area contributed by atoms with E-state index < -0.39 is 0 Å². The van der Waals surface area contributed by atoms with Gasteiger partial charge in [-0.2, -0.15) is 11.8 Å².